The normalized spacial score (nSPS) is 15.0. The topological polar surface area (TPSA) is 74.2 Å². The van der Waals surface area contributed by atoms with E-state index in [-0.39, 0.29) is 19.8 Å². The first-order valence-electron chi connectivity index (χ1n) is 14.6. The second-order valence-electron chi connectivity index (χ2n) is 10.8. The van der Waals surface area contributed by atoms with Gasteiger partial charge in [0.25, 0.3) is 0 Å². The summed E-state index contributed by atoms with van der Waals surface area (Å²) in [5.41, 5.74) is 0. The average Bonchev–Trinajstić information content (AvgIpc) is 2.83. The van der Waals surface area contributed by atoms with Crippen LogP contribution in [0.3, 0.4) is 0 Å². The number of phosphoric ester groups is 1. The third kappa shape index (κ3) is 28.1. The standard InChI is InChI=1S/C29H58NO6P/c1-6-8-9-10-11-12-13-14-15-16-17-18-19-20-21-22-25-34-29(27-33-24-7-2)28-36-37(31,32)35-26-23-30(3,4)5/h7,16-17,24,29H,6,8-15,18-23,25-28H2,1-5H3/p+1/b17-16-,24-7+/t29-/m0/s1. The molecule has 0 heterocycles. The van der Waals surface area contributed by atoms with Crippen LogP contribution in [0.2, 0.25) is 0 Å². The van der Waals surface area contributed by atoms with E-state index >= 15 is 0 Å². The maximum atomic E-state index is 12.2. The molecule has 37 heavy (non-hydrogen) atoms. The second-order valence-corrected chi connectivity index (χ2v) is 12.3. The maximum absolute atomic E-state index is 12.2. The molecule has 1 N–H and O–H groups in total. The maximum Gasteiger partial charge on any atom is 0.472 e. The Balaban J connectivity index is 3.89. The van der Waals surface area contributed by atoms with E-state index in [9.17, 15) is 9.46 Å². The quantitative estimate of drug-likeness (QED) is 0.0371. The molecule has 0 bridgehead atoms. The van der Waals surface area contributed by atoms with Gasteiger partial charge in [0.05, 0.1) is 34.0 Å². The lowest BCUT2D eigenvalue weighted by atomic mass is 10.1. The Morgan fingerprint density at radius 1 is 0.784 bits per heavy atom. The van der Waals surface area contributed by atoms with Gasteiger partial charge in [-0.25, -0.2) is 4.57 Å². The molecular formula is C29H59NO6P+. The lowest BCUT2D eigenvalue weighted by Crippen LogP contribution is -2.37. The molecule has 0 aromatic rings. The van der Waals surface area contributed by atoms with Gasteiger partial charge in [0.1, 0.15) is 25.9 Å². The highest BCUT2D eigenvalue weighted by Crippen LogP contribution is 2.43. The number of allylic oxidation sites excluding steroid dienone is 3. The summed E-state index contributed by atoms with van der Waals surface area (Å²) in [5, 5.41) is 0. The number of nitrogens with zero attached hydrogens (tertiary/aromatic N) is 1. The van der Waals surface area contributed by atoms with Crippen LogP contribution in [0.5, 0.6) is 0 Å². The van der Waals surface area contributed by atoms with Crippen molar-refractivity contribution >= 4 is 7.82 Å². The van der Waals surface area contributed by atoms with E-state index in [1.54, 1.807) is 12.3 Å². The summed E-state index contributed by atoms with van der Waals surface area (Å²) < 4.78 is 34.3. The van der Waals surface area contributed by atoms with Crippen molar-refractivity contribution < 1.29 is 32.5 Å². The summed E-state index contributed by atoms with van der Waals surface area (Å²) in [6.45, 7) is 5.65. The molecule has 0 spiro atoms. The van der Waals surface area contributed by atoms with E-state index in [2.05, 4.69) is 19.1 Å². The van der Waals surface area contributed by atoms with Gasteiger partial charge in [0.2, 0.25) is 0 Å². The molecule has 8 heteroatoms. The molecule has 0 aliphatic rings. The van der Waals surface area contributed by atoms with Crippen LogP contribution in [0.15, 0.2) is 24.5 Å². The van der Waals surface area contributed by atoms with Crippen molar-refractivity contribution in [3.63, 3.8) is 0 Å². The third-order valence-corrected chi connectivity index (χ3v) is 6.95. The van der Waals surface area contributed by atoms with Crippen LogP contribution in [0.4, 0.5) is 0 Å². The van der Waals surface area contributed by atoms with Crippen LogP contribution in [-0.4, -0.2) is 69.6 Å². The van der Waals surface area contributed by atoms with Gasteiger partial charge in [-0.2, -0.15) is 0 Å². The highest BCUT2D eigenvalue weighted by molar-refractivity contribution is 7.47. The molecule has 0 amide bonds. The van der Waals surface area contributed by atoms with Crippen molar-refractivity contribution in [2.24, 2.45) is 0 Å². The Kier molecular flexibility index (Phi) is 23.9. The van der Waals surface area contributed by atoms with Crippen molar-refractivity contribution in [1.29, 1.82) is 0 Å². The van der Waals surface area contributed by atoms with Gasteiger partial charge in [-0.1, -0.05) is 82.9 Å². The SMILES string of the molecule is C/C=C/OC[C@@H](COP(=O)(O)OCC[N+](C)(C)C)OCCCCCC/C=C\CCCCCCCCCC. The van der Waals surface area contributed by atoms with E-state index in [1.807, 2.05) is 28.1 Å². The van der Waals surface area contributed by atoms with Crippen molar-refractivity contribution in [3.8, 4) is 0 Å². The molecule has 0 radical (unpaired) electrons. The summed E-state index contributed by atoms with van der Waals surface area (Å²) >= 11 is 0. The Morgan fingerprint density at radius 3 is 1.92 bits per heavy atom. The van der Waals surface area contributed by atoms with E-state index < -0.39 is 13.9 Å². The summed E-state index contributed by atoms with van der Waals surface area (Å²) in [7, 11) is 1.85. The van der Waals surface area contributed by atoms with Gasteiger partial charge in [-0.15, -0.1) is 0 Å². The first-order chi connectivity index (χ1) is 17.7. The molecule has 2 atom stereocenters. The Labute approximate surface area is 228 Å². The minimum atomic E-state index is -4.12. The van der Waals surface area contributed by atoms with Gasteiger partial charge in [-0.3, -0.25) is 9.05 Å². The lowest BCUT2D eigenvalue weighted by Gasteiger charge is -2.24. The monoisotopic (exact) mass is 548 g/mol. The van der Waals surface area contributed by atoms with Crippen molar-refractivity contribution in [3.05, 3.63) is 24.5 Å². The van der Waals surface area contributed by atoms with Gasteiger partial charge in [0.15, 0.2) is 0 Å². The van der Waals surface area contributed by atoms with Crippen LogP contribution < -0.4 is 0 Å². The Morgan fingerprint density at radius 2 is 1.35 bits per heavy atom. The summed E-state index contributed by atoms with van der Waals surface area (Å²) in [4.78, 5) is 9.94. The number of ether oxygens (including phenoxy) is 2. The molecule has 0 saturated heterocycles. The summed E-state index contributed by atoms with van der Waals surface area (Å²) in [6, 6.07) is 0. The van der Waals surface area contributed by atoms with Crippen molar-refractivity contribution in [2.45, 2.75) is 110 Å². The van der Waals surface area contributed by atoms with Crippen molar-refractivity contribution in [2.75, 3.05) is 54.1 Å². The first-order valence-corrected chi connectivity index (χ1v) is 16.1. The largest absolute Gasteiger partial charge is 0.499 e. The number of rotatable bonds is 27. The fraction of sp³-hybridized carbons (Fsp3) is 0.862. The summed E-state index contributed by atoms with van der Waals surface area (Å²) in [5.74, 6) is 0. The molecule has 0 aliphatic heterocycles. The zero-order valence-electron chi connectivity index (χ0n) is 24.7. The highest BCUT2D eigenvalue weighted by atomic mass is 31.2. The number of phosphoric acid groups is 1. The molecule has 0 fully saturated rings. The molecular weight excluding hydrogens is 489 g/mol. The molecule has 0 rings (SSSR count). The van der Waals surface area contributed by atoms with E-state index in [4.69, 9.17) is 18.5 Å². The summed E-state index contributed by atoms with van der Waals surface area (Å²) in [6.07, 6.45) is 25.4. The van der Waals surface area contributed by atoms with E-state index in [1.165, 1.54) is 70.6 Å². The van der Waals surface area contributed by atoms with Crippen LogP contribution in [-0.2, 0) is 23.1 Å². The first kappa shape index (κ1) is 36.3. The smallest absolute Gasteiger partial charge is 0.472 e. The van der Waals surface area contributed by atoms with Crippen molar-refractivity contribution in [1.82, 2.24) is 0 Å². The van der Waals surface area contributed by atoms with Crippen LogP contribution in [0.1, 0.15) is 104 Å². The van der Waals surface area contributed by atoms with Gasteiger partial charge in [0, 0.05) is 6.61 Å². The molecule has 0 saturated carbocycles. The zero-order chi connectivity index (χ0) is 27.7. The molecule has 0 aliphatic carbocycles. The van der Waals surface area contributed by atoms with Gasteiger partial charge >= 0.3 is 7.82 Å². The molecule has 0 aromatic heterocycles. The Bertz CT molecular complexity index is 606. The zero-order valence-corrected chi connectivity index (χ0v) is 25.6. The molecule has 0 aromatic carbocycles. The number of hydrogen-bond donors (Lipinski definition) is 1. The number of quaternary nitrogens is 1. The average molecular weight is 549 g/mol. The molecule has 1 unspecified atom stereocenters. The van der Waals surface area contributed by atoms with E-state index in [0.29, 0.717) is 17.6 Å². The number of hydrogen-bond acceptors (Lipinski definition) is 5. The lowest BCUT2D eigenvalue weighted by molar-refractivity contribution is -0.870. The number of likely N-dealkylation sites (N-methyl/N-ethyl adjacent to an activating group) is 1. The predicted molar refractivity (Wildman–Crippen MR) is 155 cm³/mol. The van der Waals surface area contributed by atoms with E-state index in [0.717, 1.165) is 19.3 Å². The minimum absolute atomic E-state index is 0.0562. The second kappa shape index (κ2) is 24.4. The fourth-order valence-electron chi connectivity index (χ4n) is 3.65. The van der Waals surface area contributed by atoms with Gasteiger partial charge in [-0.05, 0) is 39.0 Å². The fourth-order valence-corrected chi connectivity index (χ4v) is 4.39. The van der Waals surface area contributed by atoms with Crippen LogP contribution >= 0.6 is 7.82 Å². The van der Waals surface area contributed by atoms with Crippen LogP contribution in [0.25, 0.3) is 0 Å². The predicted octanol–water partition coefficient (Wildman–Crippen LogP) is 7.80. The highest BCUT2D eigenvalue weighted by Gasteiger charge is 2.25. The minimum Gasteiger partial charge on any atom is -0.499 e. The third-order valence-electron chi connectivity index (χ3n) is 5.96. The molecule has 220 valence electrons. The Hall–Kier alpha value is -0.690. The van der Waals surface area contributed by atoms with Crippen LogP contribution in [0, 0.1) is 0 Å². The van der Waals surface area contributed by atoms with Gasteiger partial charge < -0.3 is 18.9 Å². The molecule has 7 nitrogen and oxygen atoms in total. The number of unbranched alkanes of at least 4 members (excludes halogenated alkanes) is 12.